The molecule has 0 atom stereocenters. The zero-order chi connectivity index (χ0) is 11.7. The molecule has 0 unspecified atom stereocenters. The van der Waals surface area contributed by atoms with Crippen LogP contribution in [0, 0.1) is 0 Å². The lowest BCUT2D eigenvalue weighted by molar-refractivity contribution is 0.357. The smallest absolute Gasteiger partial charge is 0.122 e. The van der Waals surface area contributed by atoms with Gasteiger partial charge in [0.1, 0.15) is 5.75 Å². The van der Waals surface area contributed by atoms with E-state index < -0.39 is 0 Å². The number of anilines is 1. The highest BCUT2D eigenvalue weighted by Crippen LogP contribution is 2.30. The number of benzene rings is 1. The maximum absolute atomic E-state index is 5.50. The first-order valence-corrected chi connectivity index (χ1v) is 5.77. The Morgan fingerprint density at radius 1 is 1.24 bits per heavy atom. The predicted molar refractivity (Wildman–Crippen MR) is 68.4 cm³/mol. The van der Waals surface area contributed by atoms with E-state index in [1.54, 1.807) is 0 Å². The maximum Gasteiger partial charge on any atom is 0.122 e. The normalized spacial score (nSPS) is 13.0. The molecule has 0 fully saturated rings. The summed E-state index contributed by atoms with van der Waals surface area (Å²) in [6, 6.07) is 10.3. The lowest BCUT2D eigenvalue weighted by Crippen LogP contribution is -1.90. The summed E-state index contributed by atoms with van der Waals surface area (Å²) in [5.74, 6) is 1.01. The predicted octanol–water partition coefficient (Wildman–Crippen LogP) is 2.73. The van der Waals surface area contributed by atoms with Gasteiger partial charge in [0.2, 0.25) is 0 Å². The van der Waals surface area contributed by atoms with Crippen molar-refractivity contribution in [3.05, 3.63) is 42.1 Å². The molecule has 2 aromatic rings. The van der Waals surface area contributed by atoms with Crippen molar-refractivity contribution in [3.8, 4) is 17.0 Å². The van der Waals surface area contributed by atoms with Crippen molar-refractivity contribution in [1.29, 1.82) is 0 Å². The number of pyridine rings is 1. The van der Waals surface area contributed by atoms with Gasteiger partial charge in [-0.1, -0.05) is 0 Å². The fourth-order valence-electron chi connectivity index (χ4n) is 2.09. The number of fused-ring (bicyclic) bond motifs is 1. The Morgan fingerprint density at radius 3 is 3.06 bits per heavy atom. The molecule has 1 aliphatic heterocycles. The summed E-state index contributed by atoms with van der Waals surface area (Å²) >= 11 is 0. The molecule has 0 saturated heterocycles. The van der Waals surface area contributed by atoms with Crippen LogP contribution in [-0.2, 0) is 6.42 Å². The van der Waals surface area contributed by atoms with Crippen molar-refractivity contribution in [2.75, 3.05) is 19.0 Å². The molecule has 0 amide bonds. The summed E-state index contributed by atoms with van der Waals surface area (Å²) in [5, 5.41) is 3.12. The lowest BCUT2D eigenvalue weighted by Gasteiger charge is -2.05. The van der Waals surface area contributed by atoms with Crippen LogP contribution in [0.15, 0.2) is 36.5 Å². The van der Waals surface area contributed by atoms with Crippen molar-refractivity contribution < 1.29 is 4.74 Å². The molecular weight excluding hydrogens is 212 g/mol. The largest absolute Gasteiger partial charge is 0.493 e. The zero-order valence-corrected chi connectivity index (χ0v) is 9.73. The zero-order valence-electron chi connectivity index (χ0n) is 9.73. The second-order valence-corrected chi connectivity index (χ2v) is 4.10. The Balaban J connectivity index is 2.03. The van der Waals surface area contributed by atoms with Crippen LogP contribution in [0.5, 0.6) is 5.75 Å². The molecule has 1 aliphatic rings. The number of hydrogen-bond donors (Lipinski definition) is 1. The standard InChI is InChI=1S/C14H14N2O/c1-15-12-4-6-16-13(9-12)10-2-3-14-11(8-10)5-7-17-14/h2-4,6,8-9H,5,7H2,1H3,(H,15,16). The fraction of sp³-hybridized carbons (Fsp3) is 0.214. The van der Waals surface area contributed by atoms with Gasteiger partial charge in [0, 0.05) is 30.9 Å². The molecule has 1 aromatic carbocycles. The Morgan fingerprint density at radius 2 is 2.18 bits per heavy atom. The van der Waals surface area contributed by atoms with Crippen LogP contribution in [0.1, 0.15) is 5.56 Å². The molecule has 0 radical (unpaired) electrons. The quantitative estimate of drug-likeness (QED) is 0.855. The molecule has 2 heterocycles. The Labute approximate surface area is 100 Å². The average molecular weight is 226 g/mol. The number of nitrogens with zero attached hydrogens (tertiary/aromatic N) is 1. The van der Waals surface area contributed by atoms with E-state index >= 15 is 0 Å². The molecule has 3 nitrogen and oxygen atoms in total. The van der Waals surface area contributed by atoms with Crippen LogP contribution in [0.3, 0.4) is 0 Å². The third-order valence-electron chi connectivity index (χ3n) is 3.03. The first kappa shape index (κ1) is 10.1. The highest BCUT2D eigenvalue weighted by atomic mass is 16.5. The van der Waals surface area contributed by atoms with Crippen molar-refractivity contribution in [2.45, 2.75) is 6.42 Å². The van der Waals surface area contributed by atoms with Crippen molar-refractivity contribution in [3.63, 3.8) is 0 Å². The van der Waals surface area contributed by atoms with Crippen LogP contribution in [0.4, 0.5) is 5.69 Å². The van der Waals surface area contributed by atoms with E-state index in [2.05, 4.69) is 28.5 Å². The minimum absolute atomic E-state index is 0.794. The molecular formula is C14H14N2O. The maximum atomic E-state index is 5.50. The lowest BCUT2D eigenvalue weighted by atomic mass is 10.1. The van der Waals surface area contributed by atoms with Gasteiger partial charge in [-0.2, -0.15) is 0 Å². The van der Waals surface area contributed by atoms with E-state index in [9.17, 15) is 0 Å². The Hall–Kier alpha value is -2.03. The van der Waals surface area contributed by atoms with E-state index in [1.165, 1.54) is 5.56 Å². The SMILES string of the molecule is CNc1ccnc(-c2ccc3c(c2)CCO3)c1. The van der Waals surface area contributed by atoms with Gasteiger partial charge in [0.15, 0.2) is 0 Å². The summed E-state index contributed by atoms with van der Waals surface area (Å²) < 4.78 is 5.50. The Kier molecular flexibility index (Phi) is 2.44. The van der Waals surface area contributed by atoms with Gasteiger partial charge in [-0.15, -0.1) is 0 Å². The molecule has 86 valence electrons. The molecule has 3 heteroatoms. The van der Waals surface area contributed by atoms with Gasteiger partial charge in [0.05, 0.1) is 12.3 Å². The number of aromatic nitrogens is 1. The summed E-state index contributed by atoms with van der Waals surface area (Å²) in [4.78, 5) is 4.40. The minimum Gasteiger partial charge on any atom is -0.493 e. The van der Waals surface area contributed by atoms with Gasteiger partial charge >= 0.3 is 0 Å². The second-order valence-electron chi connectivity index (χ2n) is 4.10. The van der Waals surface area contributed by atoms with E-state index in [-0.39, 0.29) is 0 Å². The molecule has 1 N–H and O–H groups in total. The van der Waals surface area contributed by atoms with Gasteiger partial charge < -0.3 is 10.1 Å². The molecule has 3 rings (SSSR count). The Bertz CT molecular complexity index is 552. The average Bonchev–Trinajstić information content (AvgIpc) is 2.86. The number of hydrogen-bond acceptors (Lipinski definition) is 3. The van der Waals surface area contributed by atoms with Crippen LogP contribution < -0.4 is 10.1 Å². The van der Waals surface area contributed by atoms with E-state index in [0.29, 0.717) is 0 Å². The molecule has 0 bridgehead atoms. The third-order valence-corrected chi connectivity index (χ3v) is 3.03. The van der Waals surface area contributed by atoms with Gasteiger partial charge in [-0.3, -0.25) is 4.98 Å². The number of rotatable bonds is 2. The van der Waals surface area contributed by atoms with E-state index in [1.807, 2.05) is 25.4 Å². The highest BCUT2D eigenvalue weighted by Gasteiger charge is 2.12. The second kappa shape index (κ2) is 4.09. The first-order valence-electron chi connectivity index (χ1n) is 5.77. The van der Waals surface area contributed by atoms with Crippen molar-refractivity contribution in [2.24, 2.45) is 0 Å². The topological polar surface area (TPSA) is 34.2 Å². The first-order chi connectivity index (χ1) is 8.36. The van der Waals surface area contributed by atoms with E-state index in [4.69, 9.17) is 4.74 Å². The fourth-order valence-corrected chi connectivity index (χ4v) is 2.09. The van der Waals surface area contributed by atoms with E-state index in [0.717, 1.165) is 35.7 Å². The highest BCUT2D eigenvalue weighted by molar-refractivity contribution is 5.66. The van der Waals surface area contributed by atoms with Crippen LogP contribution in [-0.4, -0.2) is 18.6 Å². The molecule has 1 aromatic heterocycles. The van der Waals surface area contributed by atoms with Crippen LogP contribution in [0.2, 0.25) is 0 Å². The van der Waals surface area contributed by atoms with Gasteiger partial charge in [-0.25, -0.2) is 0 Å². The third kappa shape index (κ3) is 1.84. The van der Waals surface area contributed by atoms with Crippen LogP contribution in [0.25, 0.3) is 11.3 Å². The summed E-state index contributed by atoms with van der Waals surface area (Å²) in [6.45, 7) is 0.794. The molecule has 0 aliphatic carbocycles. The molecule has 0 spiro atoms. The van der Waals surface area contributed by atoms with Crippen molar-refractivity contribution >= 4 is 5.69 Å². The minimum atomic E-state index is 0.794. The van der Waals surface area contributed by atoms with Gasteiger partial charge in [0.25, 0.3) is 0 Å². The number of nitrogens with one attached hydrogen (secondary N) is 1. The summed E-state index contributed by atoms with van der Waals surface area (Å²) in [7, 11) is 1.91. The monoisotopic (exact) mass is 226 g/mol. The molecule has 0 saturated carbocycles. The summed E-state index contributed by atoms with van der Waals surface area (Å²) in [5.41, 5.74) is 4.49. The van der Waals surface area contributed by atoms with Gasteiger partial charge in [-0.05, 0) is 35.9 Å². The van der Waals surface area contributed by atoms with Crippen molar-refractivity contribution in [1.82, 2.24) is 4.98 Å². The summed E-state index contributed by atoms with van der Waals surface area (Å²) in [6.07, 6.45) is 2.82. The molecule has 17 heavy (non-hydrogen) atoms. The van der Waals surface area contributed by atoms with Crippen LogP contribution >= 0.6 is 0 Å². The number of ether oxygens (including phenoxy) is 1.